The van der Waals surface area contributed by atoms with Gasteiger partial charge in [0.1, 0.15) is 0 Å². The second-order valence-electron chi connectivity index (χ2n) is 4.85. The van der Waals surface area contributed by atoms with E-state index < -0.39 is 0 Å². The minimum Gasteiger partial charge on any atom is -0.317 e. The van der Waals surface area contributed by atoms with Gasteiger partial charge >= 0.3 is 0 Å². The van der Waals surface area contributed by atoms with E-state index in [4.69, 9.17) is 23.2 Å². The molecule has 0 heterocycles. The zero-order valence-electron chi connectivity index (χ0n) is 11.6. The Morgan fingerprint density at radius 3 is 2.68 bits per heavy atom. The molecule has 0 saturated carbocycles. The summed E-state index contributed by atoms with van der Waals surface area (Å²) in [6, 6.07) is 6.21. The summed E-state index contributed by atoms with van der Waals surface area (Å²) in [5.74, 6) is 0. The van der Waals surface area contributed by atoms with Crippen LogP contribution in [0.15, 0.2) is 30.9 Å². The minimum absolute atomic E-state index is 0.474. The predicted octanol–water partition coefficient (Wildman–Crippen LogP) is 5.26. The first kappa shape index (κ1) is 16.6. The number of rotatable bonds is 9. The van der Waals surface area contributed by atoms with Crippen LogP contribution in [0.2, 0.25) is 10.0 Å². The molecule has 0 spiro atoms. The third-order valence-corrected chi connectivity index (χ3v) is 3.94. The van der Waals surface area contributed by atoms with E-state index in [2.05, 4.69) is 11.9 Å². The second kappa shape index (κ2) is 9.41. The molecule has 19 heavy (non-hydrogen) atoms. The number of likely N-dealkylation sites (N-methyl/N-ethyl adjacent to an activating group) is 1. The Morgan fingerprint density at radius 1 is 1.26 bits per heavy atom. The monoisotopic (exact) mass is 299 g/mol. The zero-order chi connectivity index (χ0) is 14.1. The van der Waals surface area contributed by atoms with Gasteiger partial charge in [-0.1, -0.05) is 48.2 Å². The highest BCUT2D eigenvalue weighted by atomic mass is 35.5. The van der Waals surface area contributed by atoms with Gasteiger partial charge in [-0.05, 0) is 50.4 Å². The number of unbranched alkanes of at least 4 members (excludes halogenated alkanes) is 3. The van der Waals surface area contributed by atoms with Gasteiger partial charge in [-0.15, -0.1) is 6.58 Å². The molecule has 0 aliphatic rings. The Balaban J connectivity index is 2.40. The van der Waals surface area contributed by atoms with Crippen LogP contribution in [0.1, 0.15) is 37.7 Å². The normalized spacial score (nSPS) is 12.4. The molecule has 0 amide bonds. The first-order valence-electron chi connectivity index (χ1n) is 6.89. The molecule has 0 aliphatic heterocycles. The van der Waals surface area contributed by atoms with Crippen LogP contribution < -0.4 is 5.32 Å². The van der Waals surface area contributed by atoms with Crippen LogP contribution >= 0.6 is 23.2 Å². The topological polar surface area (TPSA) is 12.0 Å². The number of halogens is 2. The first-order valence-corrected chi connectivity index (χ1v) is 7.65. The van der Waals surface area contributed by atoms with E-state index in [0.29, 0.717) is 11.1 Å². The number of nitrogens with one attached hydrogen (secondary N) is 1. The van der Waals surface area contributed by atoms with Gasteiger partial charge in [0.25, 0.3) is 0 Å². The highest BCUT2D eigenvalue weighted by molar-refractivity contribution is 6.35. The summed E-state index contributed by atoms with van der Waals surface area (Å²) in [6.45, 7) is 3.74. The molecule has 3 heteroatoms. The molecule has 1 unspecified atom stereocenters. The molecular formula is C16H23Cl2N. The average molecular weight is 300 g/mol. The van der Waals surface area contributed by atoms with Gasteiger partial charge in [-0.25, -0.2) is 0 Å². The summed E-state index contributed by atoms with van der Waals surface area (Å²) in [6.07, 6.45) is 8.97. The molecule has 0 bridgehead atoms. The van der Waals surface area contributed by atoms with Crippen molar-refractivity contribution >= 4 is 23.2 Å². The van der Waals surface area contributed by atoms with Crippen LogP contribution in [-0.2, 0) is 6.42 Å². The van der Waals surface area contributed by atoms with Gasteiger partial charge in [-0.2, -0.15) is 0 Å². The summed E-state index contributed by atoms with van der Waals surface area (Å²) >= 11 is 12.1. The standard InChI is InChI=1S/C16H23Cl2N/c1-3-4-5-6-7-8-15(19-2)11-13-9-10-14(17)12-16(13)18/h3,9-10,12,15,19H,1,4-8,11H2,2H3. The van der Waals surface area contributed by atoms with Crippen molar-refractivity contribution in [2.75, 3.05) is 7.05 Å². The molecule has 1 N–H and O–H groups in total. The van der Waals surface area contributed by atoms with Crippen LogP contribution in [0.4, 0.5) is 0 Å². The summed E-state index contributed by atoms with van der Waals surface area (Å²) in [4.78, 5) is 0. The van der Waals surface area contributed by atoms with E-state index in [0.717, 1.165) is 23.4 Å². The smallest absolute Gasteiger partial charge is 0.0453 e. The van der Waals surface area contributed by atoms with Gasteiger partial charge in [0.15, 0.2) is 0 Å². The number of hydrogen-bond donors (Lipinski definition) is 1. The third-order valence-electron chi connectivity index (χ3n) is 3.35. The van der Waals surface area contributed by atoms with Gasteiger partial charge in [-0.3, -0.25) is 0 Å². The molecule has 106 valence electrons. The Labute approximate surface area is 127 Å². The van der Waals surface area contributed by atoms with Crippen LogP contribution in [0.5, 0.6) is 0 Å². The van der Waals surface area contributed by atoms with E-state index in [9.17, 15) is 0 Å². The van der Waals surface area contributed by atoms with Gasteiger partial charge in [0.05, 0.1) is 0 Å². The maximum absolute atomic E-state index is 6.21. The highest BCUT2D eigenvalue weighted by Crippen LogP contribution is 2.23. The lowest BCUT2D eigenvalue weighted by Crippen LogP contribution is -2.27. The van der Waals surface area contributed by atoms with Crippen molar-refractivity contribution in [1.82, 2.24) is 5.32 Å². The Morgan fingerprint density at radius 2 is 2.05 bits per heavy atom. The molecule has 1 rings (SSSR count). The van der Waals surface area contributed by atoms with Crippen LogP contribution in [-0.4, -0.2) is 13.1 Å². The van der Waals surface area contributed by atoms with Crippen molar-refractivity contribution in [3.8, 4) is 0 Å². The van der Waals surface area contributed by atoms with E-state index in [1.807, 2.05) is 31.3 Å². The van der Waals surface area contributed by atoms with Crippen molar-refractivity contribution in [3.63, 3.8) is 0 Å². The van der Waals surface area contributed by atoms with Crippen LogP contribution in [0.3, 0.4) is 0 Å². The van der Waals surface area contributed by atoms with Crippen molar-refractivity contribution in [2.45, 2.75) is 44.6 Å². The predicted molar refractivity (Wildman–Crippen MR) is 86.3 cm³/mol. The molecule has 1 aromatic rings. The Kier molecular flexibility index (Phi) is 8.20. The second-order valence-corrected chi connectivity index (χ2v) is 5.70. The van der Waals surface area contributed by atoms with Gasteiger partial charge in [0, 0.05) is 16.1 Å². The molecule has 1 atom stereocenters. The number of hydrogen-bond acceptors (Lipinski definition) is 1. The zero-order valence-corrected chi connectivity index (χ0v) is 13.1. The summed E-state index contributed by atoms with van der Waals surface area (Å²) in [5.41, 5.74) is 1.16. The van der Waals surface area contributed by atoms with Crippen molar-refractivity contribution < 1.29 is 0 Å². The van der Waals surface area contributed by atoms with Crippen molar-refractivity contribution in [1.29, 1.82) is 0 Å². The molecular weight excluding hydrogens is 277 g/mol. The fourth-order valence-electron chi connectivity index (χ4n) is 2.16. The Hall–Kier alpha value is -0.500. The number of allylic oxidation sites excluding steroid dienone is 1. The third kappa shape index (κ3) is 6.47. The fraction of sp³-hybridized carbons (Fsp3) is 0.500. The molecule has 0 radical (unpaired) electrons. The molecule has 1 nitrogen and oxygen atoms in total. The fourth-order valence-corrected chi connectivity index (χ4v) is 2.64. The number of benzene rings is 1. The average Bonchev–Trinajstić information content (AvgIpc) is 2.39. The van der Waals surface area contributed by atoms with Gasteiger partial charge in [0.2, 0.25) is 0 Å². The lowest BCUT2D eigenvalue weighted by Gasteiger charge is -2.17. The molecule has 0 aromatic heterocycles. The van der Waals surface area contributed by atoms with Crippen LogP contribution in [0.25, 0.3) is 0 Å². The Bertz CT molecular complexity index is 390. The van der Waals surface area contributed by atoms with E-state index in [1.54, 1.807) is 0 Å². The molecule has 1 aromatic carbocycles. The van der Waals surface area contributed by atoms with E-state index in [1.165, 1.54) is 25.7 Å². The van der Waals surface area contributed by atoms with Crippen molar-refractivity contribution in [2.24, 2.45) is 0 Å². The van der Waals surface area contributed by atoms with Gasteiger partial charge < -0.3 is 5.32 Å². The largest absolute Gasteiger partial charge is 0.317 e. The van der Waals surface area contributed by atoms with Crippen LogP contribution in [0, 0.1) is 0 Å². The summed E-state index contributed by atoms with van der Waals surface area (Å²) in [7, 11) is 2.01. The SMILES string of the molecule is C=CCCCCCC(Cc1ccc(Cl)cc1Cl)NC. The molecule has 0 aliphatic carbocycles. The molecule has 0 saturated heterocycles. The maximum atomic E-state index is 6.21. The maximum Gasteiger partial charge on any atom is 0.0453 e. The lowest BCUT2D eigenvalue weighted by atomic mass is 10.00. The lowest BCUT2D eigenvalue weighted by molar-refractivity contribution is 0.487. The van der Waals surface area contributed by atoms with E-state index >= 15 is 0 Å². The first-order chi connectivity index (χ1) is 9.17. The summed E-state index contributed by atoms with van der Waals surface area (Å²) in [5, 5.41) is 4.83. The van der Waals surface area contributed by atoms with E-state index in [-0.39, 0.29) is 0 Å². The summed E-state index contributed by atoms with van der Waals surface area (Å²) < 4.78 is 0. The van der Waals surface area contributed by atoms with Crippen molar-refractivity contribution in [3.05, 3.63) is 46.5 Å². The quantitative estimate of drug-likeness (QED) is 0.484. The minimum atomic E-state index is 0.474. The highest BCUT2D eigenvalue weighted by Gasteiger charge is 2.09. The molecule has 0 fully saturated rings.